The molecule has 1 aromatic carbocycles. The maximum atomic E-state index is 5.80. The van der Waals surface area contributed by atoms with Crippen molar-refractivity contribution in [2.45, 2.75) is 26.4 Å². The minimum atomic E-state index is 0.480. The lowest BCUT2D eigenvalue weighted by atomic mass is 10.2. The van der Waals surface area contributed by atoms with E-state index in [1.807, 2.05) is 14.1 Å². The number of rotatable bonds is 7. The maximum absolute atomic E-state index is 5.80. The van der Waals surface area contributed by atoms with Crippen molar-refractivity contribution in [3.05, 3.63) is 26.6 Å². The smallest absolute Gasteiger partial charge is 0.147 e. The summed E-state index contributed by atoms with van der Waals surface area (Å²) in [4.78, 5) is 2.10. The third-order valence-electron chi connectivity index (χ3n) is 2.56. The molecule has 0 aliphatic rings. The lowest BCUT2D eigenvalue weighted by molar-refractivity contribution is 0.259. The summed E-state index contributed by atoms with van der Waals surface area (Å²) in [7, 11) is 4.07. The molecule has 1 aromatic rings. The molecule has 0 saturated heterocycles. The average Bonchev–Trinajstić information content (AvgIpc) is 2.29. The van der Waals surface area contributed by atoms with E-state index in [4.69, 9.17) is 4.74 Å². The van der Waals surface area contributed by atoms with Crippen molar-refractivity contribution in [3.8, 4) is 5.75 Å². The summed E-state index contributed by atoms with van der Waals surface area (Å²) in [5, 5.41) is 3.40. The second-order valence-corrected chi connectivity index (χ2v) is 6.78. The average molecular weight is 394 g/mol. The van der Waals surface area contributed by atoms with Gasteiger partial charge in [0, 0.05) is 19.1 Å². The van der Waals surface area contributed by atoms with E-state index < -0.39 is 0 Å². The number of likely N-dealkylation sites (N-methyl/N-ethyl adjacent to an activating group) is 1. The molecule has 5 heteroatoms. The molecular weight excluding hydrogens is 372 g/mol. The molecule has 19 heavy (non-hydrogen) atoms. The molecule has 0 fully saturated rings. The largest absolute Gasteiger partial charge is 0.490 e. The summed E-state index contributed by atoms with van der Waals surface area (Å²) < 4.78 is 7.78. The molecule has 108 valence electrons. The fourth-order valence-corrected chi connectivity index (χ4v) is 3.01. The summed E-state index contributed by atoms with van der Waals surface area (Å²) in [5.41, 5.74) is 1.23. The van der Waals surface area contributed by atoms with Gasteiger partial charge in [0.25, 0.3) is 0 Å². The van der Waals surface area contributed by atoms with Crippen LogP contribution in [0, 0.1) is 0 Å². The van der Waals surface area contributed by atoms with Crippen LogP contribution in [0.25, 0.3) is 0 Å². The highest BCUT2D eigenvalue weighted by molar-refractivity contribution is 9.11. The van der Waals surface area contributed by atoms with Crippen molar-refractivity contribution < 1.29 is 4.74 Å². The highest BCUT2D eigenvalue weighted by Gasteiger charge is 2.09. The van der Waals surface area contributed by atoms with Gasteiger partial charge in [0.1, 0.15) is 12.4 Å². The Labute approximate surface area is 133 Å². The lowest BCUT2D eigenvalue weighted by Crippen LogP contribution is -2.22. The number of hydrogen-bond acceptors (Lipinski definition) is 3. The fourth-order valence-electron chi connectivity index (χ4n) is 1.50. The van der Waals surface area contributed by atoms with Gasteiger partial charge in [-0.25, -0.2) is 0 Å². The maximum Gasteiger partial charge on any atom is 0.147 e. The molecule has 0 aromatic heterocycles. The fraction of sp³-hybridized carbons (Fsp3) is 0.571. The quantitative estimate of drug-likeness (QED) is 0.765. The van der Waals surface area contributed by atoms with E-state index in [1.165, 1.54) is 5.56 Å². The number of nitrogens with zero attached hydrogens (tertiary/aromatic N) is 1. The van der Waals surface area contributed by atoms with E-state index in [0.29, 0.717) is 12.6 Å². The molecular formula is C14H22Br2N2O. The Hall–Kier alpha value is -0.100. The molecule has 0 radical (unpaired) electrons. The zero-order valence-electron chi connectivity index (χ0n) is 12.0. The second kappa shape index (κ2) is 8.25. The minimum Gasteiger partial charge on any atom is -0.490 e. The Bertz CT molecular complexity index is 385. The topological polar surface area (TPSA) is 24.5 Å². The van der Waals surface area contributed by atoms with E-state index in [1.54, 1.807) is 0 Å². The van der Waals surface area contributed by atoms with E-state index in [9.17, 15) is 0 Å². The highest BCUT2D eigenvalue weighted by atomic mass is 79.9. The molecule has 0 heterocycles. The van der Waals surface area contributed by atoms with Gasteiger partial charge in [0.2, 0.25) is 0 Å². The molecule has 0 unspecified atom stereocenters. The van der Waals surface area contributed by atoms with Crippen LogP contribution in [0.5, 0.6) is 5.75 Å². The van der Waals surface area contributed by atoms with E-state index in [-0.39, 0.29) is 0 Å². The number of ether oxygens (including phenoxy) is 1. The van der Waals surface area contributed by atoms with Crippen molar-refractivity contribution in [2.24, 2.45) is 0 Å². The first-order valence-electron chi connectivity index (χ1n) is 6.39. The molecule has 0 spiro atoms. The lowest BCUT2D eigenvalue weighted by Gasteiger charge is -2.15. The Balaban J connectivity index is 2.68. The van der Waals surface area contributed by atoms with Gasteiger partial charge in [0.15, 0.2) is 0 Å². The van der Waals surface area contributed by atoms with Crippen molar-refractivity contribution in [1.29, 1.82) is 0 Å². The van der Waals surface area contributed by atoms with Crippen LogP contribution in [0.4, 0.5) is 0 Å². The van der Waals surface area contributed by atoms with Crippen LogP contribution in [-0.2, 0) is 6.54 Å². The first-order chi connectivity index (χ1) is 8.90. The van der Waals surface area contributed by atoms with Gasteiger partial charge in [-0.15, -0.1) is 0 Å². The van der Waals surface area contributed by atoms with Gasteiger partial charge in [-0.05, 0) is 63.7 Å². The Kier molecular flexibility index (Phi) is 7.36. The van der Waals surface area contributed by atoms with E-state index in [2.05, 4.69) is 68.1 Å². The van der Waals surface area contributed by atoms with Crippen molar-refractivity contribution >= 4 is 31.9 Å². The Morgan fingerprint density at radius 3 is 2.26 bits per heavy atom. The molecule has 0 bridgehead atoms. The summed E-state index contributed by atoms with van der Waals surface area (Å²) in [6.45, 7) is 6.71. The number of halogens is 2. The summed E-state index contributed by atoms with van der Waals surface area (Å²) in [5.74, 6) is 0.871. The van der Waals surface area contributed by atoms with Gasteiger partial charge in [-0.1, -0.05) is 13.8 Å². The third-order valence-corrected chi connectivity index (χ3v) is 3.74. The molecule has 0 amide bonds. The van der Waals surface area contributed by atoms with Gasteiger partial charge in [-0.2, -0.15) is 0 Å². The summed E-state index contributed by atoms with van der Waals surface area (Å²) >= 11 is 7.15. The standard InChI is InChI=1S/C14H22Br2N2O/c1-10(2)17-9-11-7-12(15)14(13(16)8-11)19-6-5-18(3)4/h7-8,10,17H,5-6,9H2,1-4H3. The van der Waals surface area contributed by atoms with Crippen molar-refractivity contribution in [1.82, 2.24) is 10.2 Å². The SMILES string of the molecule is CC(C)NCc1cc(Br)c(OCCN(C)C)c(Br)c1. The van der Waals surface area contributed by atoms with Gasteiger partial charge < -0.3 is 15.0 Å². The molecule has 0 saturated carbocycles. The second-order valence-electron chi connectivity index (χ2n) is 5.08. The summed E-state index contributed by atoms with van der Waals surface area (Å²) in [6.07, 6.45) is 0. The van der Waals surface area contributed by atoms with Crippen LogP contribution in [0.15, 0.2) is 21.1 Å². The van der Waals surface area contributed by atoms with Crippen LogP contribution in [0.3, 0.4) is 0 Å². The monoisotopic (exact) mass is 392 g/mol. The van der Waals surface area contributed by atoms with E-state index >= 15 is 0 Å². The van der Waals surface area contributed by atoms with Crippen LogP contribution >= 0.6 is 31.9 Å². The third kappa shape index (κ3) is 6.25. The Morgan fingerprint density at radius 2 is 1.79 bits per heavy atom. The predicted molar refractivity (Wildman–Crippen MR) is 87.9 cm³/mol. The number of hydrogen-bond donors (Lipinski definition) is 1. The van der Waals surface area contributed by atoms with Crippen LogP contribution in [0.2, 0.25) is 0 Å². The zero-order chi connectivity index (χ0) is 14.4. The first-order valence-corrected chi connectivity index (χ1v) is 7.97. The van der Waals surface area contributed by atoms with Crippen molar-refractivity contribution in [3.63, 3.8) is 0 Å². The zero-order valence-corrected chi connectivity index (χ0v) is 15.1. The Morgan fingerprint density at radius 1 is 1.21 bits per heavy atom. The van der Waals surface area contributed by atoms with Gasteiger partial charge in [0.05, 0.1) is 8.95 Å². The summed E-state index contributed by atoms with van der Waals surface area (Å²) in [6, 6.07) is 4.68. The molecule has 3 nitrogen and oxygen atoms in total. The van der Waals surface area contributed by atoms with Crippen molar-refractivity contribution in [2.75, 3.05) is 27.2 Å². The molecule has 0 aliphatic heterocycles. The van der Waals surface area contributed by atoms with Gasteiger partial charge in [-0.3, -0.25) is 0 Å². The molecule has 1 N–H and O–H groups in total. The minimum absolute atomic E-state index is 0.480. The molecule has 0 atom stereocenters. The van der Waals surface area contributed by atoms with Crippen LogP contribution in [-0.4, -0.2) is 38.2 Å². The highest BCUT2D eigenvalue weighted by Crippen LogP contribution is 2.34. The first kappa shape index (κ1) is 17.0. The van der Waals surface area contributed by atoms with Crippen LogP contribution in [0.1, 0.15) is 19.4 Å². The molecule has 1 rings (SSSR count). The van der Waals surface area contributed by atoms with Crippen LogP contribution < -0.4 is 10.1 Å². The molecule has 0 aliphatic carbocycles. The number of nitrogens with one attached hydrogen (secondary N) is 1. The normalized spacial score (nSPS) is 11.4. The van der Waals surface area contributed by atoms with Gasteiger partial charge >= 0.3 is 0 Å². The predicted octanol–water partition coefficient (Wildman–Crippen LogP) is 3.65. The number of benzene rings is 1. The van der Waals surface area contributed by atoms with E-state index in [0.717, 1.165) is 27.8 Å².